The van der Waals surface area contributed by atoms with Crippen LogP contribution in [0.4, 0.5) is 0 Å². The van der Waals surface area contributed by atoms with Gasteiger partial charge in [0.1, 0.15) is 5.78 Å². The molecule has 1 saturated carbocycles. The van der Waals surface area contributed by atoms with Crippen LogP contribution >= 0.6 is 0 Å². The van der Waals surface area contributed by atoms with Crippen LogP contribution in [0.3, 0.4) is 0 Å². The maximum absolute atomic E-state index is 14.2. The van der Waals surface area contributed by atoms with Gasteiger partial charge in [-0.1, -0.05) is 57.2 Å². The number of Topliss-reactive ketones (excluding diaryl/α,β-unsaturated/α-hetero) is 3. The number of aromatic amines is 1. The molecule has 3 unspecified atom stereocenters. The Morgan fingerprint density at radius 2 is 1.90 bits per heavy atom. The Hall–Kier alpha value is -3.32. The van der Waals surface area contributed by atoms with Crippen LogP contribution in [0.1, 0.15) is 59.4 Å². The SMILES string of the molecule is C/C1=C\C(C)C/C=C/C2[C@@H](C(=O)CCC(=O)C1=O)[C@](C)([C@H](Cc1c[nH]c3ccccc13)NC=O)C(C)[C@@]1(C)O[C@@H]21. The van der Waals surface area contributed by atoms with E-state index in [4.69, 9.17) is 4.74 Å². The van der Waals surface area contributed by atoms with Crippen molar-refractivity contribution in [2.45, 2.75) is 78.0 Å². The molecule has 2 fully saturated rings. The molecule has 212 valence electrons. The monoisotopic (exact) mass is 544 g/mol. The zero-order valence-electron chi connectivity index (χ0n) is 24.0. The van der Waals surface area contributed by atoms with Gasteiger partial charge in [-0.15, -0.1) is 0 Å². The van der Waals surface area contributed by atoms with E-state index in [1.54, 1.807) is 6.92 Å². The summed E-state index contributed by atoms with van der Waals surface area (Å²) >= 11 is 0. The van der Waals surface area contributed by atoms with Gasteiger partial charge in [-0.2, -0.15) is 0 Å². The fraction of sp³-hybridized carbons (Fsp3) is 0.515. The molecule has 2 N–H and O–H groups in total. The zero-order valence-corrected chi connectivity index (χ0v) is 24.0. The quantitative estimate of drug-likeness (QED) is 0.241. The summed E-state index contributed by atoms with van der Waals surface area (Å²) in [5, 5.41) is 4.19. The van der Waals surface area contributed by atoms with Gasteiger partial charge in [-0.05, 0) is 55.7 Å². The number of hydrogen-bond donors (Lipinski definition) is 2. The van der Waals surface area contributed by atoms with Gasteiger partial charge >= 0.3 is 0 Å². The predicted octanol–water partition coefficient (Wildman–Crippen LogP) is 4.90. The highest BCUT2D eigenvalue weighted by Gasteiger charge is 2.72. The average molecular weight is 545 g/mol. The normalized spacial score (nSPS) is 37.6. The van der Waals surface area contributed by atoms with Crippen LogP contribution in [0.2, 0.25) is 0 Å². The molecule has 1 saturated heterocycles. The van der Waals surface area contributed by atoms with Crippen LogP contribution in [0, 0.1) is 29.1 Å². The van der Waals surface area contributed by atoms with Crippen molar-refractivity contribution in [1.29, 1.82) is 0 Å². The summed E-state index contributed by atoms with van der Waals surface area (Å²) < 4.78 is 6.40. The number of nitrogens with one attached hydrogen (secondary N) is 2. The number of fused-ring (bicyclic) bond motifs is 4. The van der Waals surface area contributed by atoms with Gasteiger partial charge in [-0.3, -0.25) is 19.2 Å². The summed E-state index contributed by atoms with van der Waals surface area (Å²) in [7, 11) is 0. The van der Waals surface area contributed by atoms with Gasteiger partial charge < -0.3 is 15.0 Å². The Balaban J connectivity index is 1.59. The highest BCUT2D eigenvalue weighted by molar-refractivity contribution is 6.43. The van der Waals surface area contributed by atoms with Gasteiger partial charge in [-0.25, -0.2) is 0 Å². The molecule has 1 amide bonds. The third-order valence-electron chi connectivity index (χ3n) is 10.2. The second-order valence-corrected chi connectivity index (χ2v) is 12.5. The Morgan fingerprint density at radius 1 is 1.15 bits per heavy atom. The molecular formula is C33H40N2O5. The van der Waals surface area contributed by atoms with Gasteiger partial charge in [0.05, 0.1) is 11.7 Å². The molecule has 1 aliphatic heterocycles. The Kier molecular flexibility index (Phi) is 7.47. The Morgan fingerprint density at radius 3 is 2.65 bits per heavy atom. The molecule has 1 aromatic carbocycles. The Bertz CT molecular complexity index is 1400. The number of benzene rings is 1. The number of amides is 1. The molecule has 3 aliphatic rings. The smallest absolute Gasteiger partial charge is 0.223 e. The van der Waals surface area contributed by atoms with Gasteiger partial charge in [0.15, 0.2) is 0 Å². The molecule has 0 spiro atoms. The largest absolute Gasteiger partial charge is 0.365 e. The number of ketones is 3. The fourth-order valence-corrected chi connectivity index (χ4v) is 7.62. The molecule has 2 aromatic rings. The lowest BCUT2D eigenvalue weighted by atomic mass is 9.50. The van der Waals surface area contributed by atoms with Crippen LogP contribution in [-0.2, 0) is 30.3 Å². The molecule has 0 bridgehead atoms. The number of aromatic nitrogens is 1. The van der Waals surface area contributed by atoms with Crippen molar-refractivity contribution >= 4 is 34.7 Å². The number of hydrogen-bond acceptors (Lipinski definition) is 5. The van der Waals surface area contributed by atoms with Crippen LogP contribution in [0.15, 0.2) is 54.3 Å². The molecule has 5 rings (SSSR count). The van der Waals surface area contributed by atoms with E-state index in [1.807, 2.05) is 37.4 Å². The van der Waals surface area contributed by atoms with Crippen molar-refractivity contribution < 1.29 is 23.9 Å². The first-order valence-electron chi connectivity index (χ1n) is 14.4. The number of carbonyl (C=O) groups is 4. The number of ether oxygens (including phenoxy) is 1. The molecule has 40 heavy (non-hydrogen) atoms. The fourth-order valence-electron chi connectivity index (χ4n) is 7.62. The van der Waals surface area contributed by atoms with Crippen molar-refractivity contribution in [3.8, 4) is 0 Å². The average Bonchev–Trinajstić information content (AvgIpc) is 3.47. The van der Waals surface area contributed by atoms with E-state index in [0.29, 0.717) is 18.4 Å². The number of epoxide rings is 1. The minimum Gasteiger partial charge on any atom is -0.365 e. The van der Waals surface area contributed by atoms with E-state index in [1.165, 1.54) is 0 Å². The maximum Gasteiger partial charge on any atom is 0.223 e. The van der Waals surface area contributed by atoms with Crippen molar-refractivity contribution in [3.63, 3.8) is 0 Å². The van der Waals surface area contributed by atoms with Gasteiger partial charge in [0.2, 0.25) is 18.0 Å². The lowest BCUT2D eigenvalue weighted by Crippen LogP contribution is -2.62. The zero-order chi connectivity index (χ0) is 28.8. The summed E-state index contributed by atoms with van der Waals surface area (Å²) in [5.74, 6) is -1.82. The van der Waals surface area contributed by atoms with Crippen LogP contribution in [0.5, 0.6) is 0 Å². The van der Waals surface area contributed by atoms with Crippen LogP contribution < -0.4 is 5.32 Å². The first-order valence-corrected chi connectivity index (χ1v) is 14.4. The van der Waals surface area contributed by atoms with E-state index >= 15 is 0 Å². The molecule has 7 heteroatoms. The van der Waals surface area contributed by atoms with Gasteiger partial charge in [0.25, 0.3) is 0 Å². The summed E-state index contributed by atoms with van der Waals surface area (Å²) in [6.45, 7) is 10.0. The minimum atomic E-state index is -0.694. The molecule has 8 atom stereocenters. The second-order valence-electron chi connectivity index (χ2n) is 12.5. The second kappa shape index (κ2) is 10.6. The third-order valence-corrected chi connectivity index (χ3v) is 10.2. The number of H-pyrrole nitrogens is 1. The first kappa shape index (κ1) is 28.2. The van der Waals surface area contributed by atoms with E-state index in [2.05, 4.69) is 49.3 Å². The summed E-state index contributed by atoms with van der Waals surface area (Å²) in [6, 6.07) is 7.67. The van der Waals surface area contributed by atoms with E-state index in [0.717, 1.165) is 22.9 Å². The first-order chi connectivity index (χ1) is 19.0. The van der Waals surface area contributed by atoms with Crippen molar-refractivity contribution in [3.05, 3.63) is 59.8 Å². The van der Waals surface area contributed by atoms with Crippen molar-refractivity contribution in [2.75, 3.05) is 0 Å². The Labute approximate surface area is 235 Å². The minimum absolute atomic E-state index is 0.0188. The number of carbonyl (C=O) groups excluding carboxylic acids is 4. The maximum atomic E-state index is 14.2. The summed E-state index contributed by atoms with van der Waals surface area (Å²) in [5.41, 5.74) is 1.38. The standard InChI is InChI=1S/C33H40N2O5/c1-19-9-8-11-24-29(26(37)13-14-27(38)30(39)20(2)15-19)32(4,21(3)33(5)31(24)40-33)28(35-18-36)16-22-17-34-25-12-7-6-10-23(22)25/h6-8,10-12,15,17-19,21,24,28-29,31,34H,9,13-14,16H2,1-5H3,(H,35,36)/b11-8+,20-15+/t19?,21?,24?,28-,29-,31-,32-,33+/m0/s1. The van der Waals surface area contributed by atoms with E-state index in [-0.39, 0.29) is 48.5 Å². The molecule has 7 nitrogen and oxygen atoms in total. The summed E-state index contributed by atoms with van der Waals surface area (Å²) in [4.78, 5) is 55.1. The highest BCUT2D eigenvalue weighted by Crippen LogP contribution is 2.64. The lowest BCUT2D eigenvalue weighted by Gasteiger charge is -2.53. The highest BCUT2D eigenvalue weighted by atomic mass is 16.6. The predicted molar refractivity (Wildman–Crippen MR) is 153 cm³/mol. The number of para-hydroxylation sites is 1. The molecular weight excluding hydrogens is 504 g/mol. The lowest BCUT2D eigenvalue weighted by molar-refractivity contribution is -0.139. The van der Waals surface area contributed by atoms with E-state index in [9.17, 15) is 19.2 Å². The molecule has 1 aromatic heterocycles. The molecule has 2 aliphatic carbocycles. The number of rotatable bonds is 5. The van der Waals surface area contributed by atoms with Crippen molar-refractivity contribution in [1.82, 2.24) is 10.3 Å². The topological polar surface area (TPSA) is 109 Å². The van der Waals surface area contributed by atoms with Gasteiger partial charge in [0, 0.05) is 53.2 Å². The van der Waals surface area contributed by atoms with Crippen molar-refractivity contribution in [2.24, 2.45) is 29.1 Å². The van der Waals surface area contributed by atoms with Crippen LogP contribution in [0.25, 0.3) is 10.9 Å². The molecule has 0 radical (unpaired) electrons. The van der Waals surface area contributed by atoms with Crippen LogP contribution in [-0.4, -0.2) is 46.5 Å². The van der Waals surface area contributed by atoms with E-state index < -0.39 is 28.5 Å². The number of allylic oxidation sites excluding steroid dienone is 3. The summed E-state index contributed by atoms with van der Waals surface area (Å²) in [6.07, 6.45) is 9.70. The third kappa shape index (κ3) is 4.68. The molecule has 2 heterocycles.